The third kappa shape index (κ3) is 2.36. The number of hydrogen-bond donors (Lipinski definition) is 2. The topological polar surface area (TPSA) is 118 Å². The van der Waals surface area contributed by atoms with Gasteiger partial charge in [0.05, 0.1) is 18.2 Å². The third-order valence-corrected chi connectivity index (χ3v) is 3.80. The number of benzene rings is 1. The number of rotatable bonds is 4. The molecule has 1 aromatic carbocycles. The second kappa shape index (κ2) is 4.74. The lowest BCUT2D eigenvalue weighted by molar-refractivity contribution is 0.598. The van der Waals surface area contributed by atoms with Gasteiger partial charge in [0.2, 0.25) is 0 Å². The highest BCUT2D eigenvalue weighted by molar-refractivity contribution is 7.92. The smallest absolute Gasteiger partial charge is 0.278 e. The fraction of sp³-hybridized carbons (Fsp3) is 0. The van der Waals surface area contributed by atoms with Crippen molar-refractivity contribution in [1.29, 1.82) is 0 Å². The molecule has 0 bridgehead atoms. The van der Waals surface area contributed by atoms with E-state index in [1.54, 1.807) is 24.3 Å². The van der Waals surface area contributed by atoms with Crippen LogP contribution in [-0.2, 0) is 10.0 Å². The van der Waals surface area contributed by atoms with Gasteiger partial charge in [-0.1, -0.05) is 0 Å². The van der Waals surface area contributed by atoms with Crippen molar-refractivity contribution in [2.24, 2.45) is 0 Å². The van der Waals surface area contributed by atoms with Crippen LogP contribution in [0.5, 0.6) is 0 Å². The van der Waals surface area contributed by atoms with E-state index in [1.807, 2.05) is 0 Å². The fourth-order valence-corrected chi connectivity index (χ4v) is 2.53. The van der Waals surface area contributed by atoms with Crippen LogP contribution in [-0.4, -0.2) is 38.6 Å². The van der Waals surface area contributed by atoms with Gasteiger partial charge in [0.25, 0.3) is 10.0 Å². The second-order valence-electron chi connectivity index (χ2n) is 3.82. The van der Waals surface area contributed by atoms with E-state index in [-0.39, 0.29) is 5.03 Å². The van der Waals surface area contributed by atoms with Crippen molar-refractivity contribution in [2.75, 3.05) is 4.72 Å². The summed E-state index contributed by atoms with van der Waals surface area (Å²) in [7, 11) is -3.65. The van der Waals surface area contributed by atoms with Gasteiger partial charge in [-0.3, -0.25) is 4.72 Å². The van der Waals surface area contributed by atoms with Crippen molar-refractivity contribution >= 4 is 15.7 Å². The SMILES string of the molecule is O=S(=O)(Nc1ccc(-n2cnnn2)cc1)c1cnc[nH]1. The van der Waals surface area contributed by atoms with E-state index in [1.165, 1.54) is 23.5 Å². The number of aromatic nitrogens is 6. The van der Waals surface area contributed by atoms with Crippen LogP contribution < -0.4 is 4.72 Å². The molecule has 2 heterocycles. The Bertz CT molecular complexity index is 779. The molecule has 0 saturated carbocycles. The zero-order valence-corrected chi connectivity index (χ0v) is 10.8. The van der Waals surface area contributed by atoms with Crippen molar-refractivity contribution < 1.29 is 8.42 Å². The summed E-state index contributed by atoms with van der Waals surface area (Å²) in [5, 5.41) is 10.8. The van der Waals surface area contributed by atoms with Gasteiger partial charge in [0.15, 0.2) is 5.03 Å². The number of H-pyrrole nitrogens is 1. The summed E-state index contributed by atoms with van der Waals surface area (Å²) >= 11 is 0. The Morgan fingerprint density at radius 1 is 1.20 bits per heavy atom. The number of imidazole rings is 1. The summed E-state index contributed by atoms with van der Waals surface area (Å²) in [5.74, 6) is 0. The first-order chi connectivity index (χ1) is 9.65. The highest BCUT2D eigenvalue weighted by Crippen LogP contribution is 2.16. The molecule has 10 heteroatoms. The summed E-state index contributed by atoms with van der Waals surface area (Å²) < 4.78 is 27.8. The Balaban J connectivity index is 1.83. The van der Waals surface area contributed by atoms with Crippen molar-refractivity contribution in [2.45, 2.75) is 5.03 Å². The molecule has 2 N–H and O–H groups in total. The van der Waals surface area contributed by atoms with Gasteiger partial charge in [-0.15, -0.1) is 5.10 Å². The number of hydrogen-bond acceptors (Lipinski definition) is 6. The van der Waals surface area contributed by atoms with Gasteiger partial charge in [-0.25, -0.2) is 9.67 Å². The number of aromatic amines is 1. The second-order valence-corrected chi connectivity index (χ2v) is 5.47. The van der Waals surface area contributed by atoms with Crippen LogP contribution in [0.4, 0.5) is 5.69 Å². The van der Waals surface area contributed by atoms with Crippen molar-refractivity contribution in [1.82, 2.24) is 30.2 Å². The molecule has 0 spiro atoms. The standard InChI is InChI=1S/C10H9N7O2S/c18-20(19,10-5-11-6-12-10)14-8-1-3-9(4-2-8)17-7-13-15-16-17/h1-7,14H,(H,11,12). The molecule has 0 amide bonds. The van der Waals surface area contributed by atoms with Gasteiger partial charge in [-0.2, -0.15) is 8.42 Å². The van der Waals surface area contributed by atoms with E-state index >= 15 is 0 Å². The molecule has 0 unspecified atom stereocenters. The van der Waals surface area contributed by atoms with Gasteiger partial charge in [-0.05, 0) is 34.7 Å². The van der Waals surface area contributed by atoms with Crippen LogP contribution in [0.3, 0.4) is 0 Å². The number of nitrogens with zero attached hydrogens (tertiary/aromatic N) is 5. The van der Waals surface area contributed by atoms with Gasteiger partial charge in [0, 0.05) is 5.69 Å². The maximum absolute atomic E-state index is 12.0. The average Bonchev–Trinajstić information content (AvgIpc) is 3.13. The average molecular weight is 291 g/mol. The molecule has 20 heavy (non-hydrogen) atoms. The van der Waals surface area contributed by atoms with Crippen LogP contribution in [0, 0.1) is 0 Å². The Morgan fingerprint density at radius 3 is 2.60 bits per heavy atom. The van der Waals surface area contributed by atoms with E-state index in [9.17, 15) is 8.42 Å². The highest BCUT2D eigenvalue weighted by Gasteiger charge is 2.15. The van der Waals surface area contributed by atoms with Crippen LogP contribution in [0.15, 0.2) is 48.1 Å². The minimum absolute atomic E-state index is 0.00190. The van der Waals surface area contributed by atoms with Crippen LogP contribution in [0.25, 0.3) is 5.69 Å². The molecular formula is C10H9N7O2S. The van der Waals surface area contributed by atoms with E-state index in [2.05, 4.69) is 30.2 Å². The molecule has 0 atom stereocenters. The normalized spacial score (nSPS) is 11.4. The third-order valence-electron chi connectivity index (χ3n) is 2.50. The molecule has 3 aromatic rings. The summed E-state index contributed by atoms with van der Waals surface area (Å²) in [6, 6.07) is 6.62. The zero-order valence-electron chi connectivity index (χ0n) is 10.0. The number of tetrazole rings is 1. The quantitative estimate of drug-likeness (QED) is 0.708. The van der Waals surface area contributed by atoms with Crippen molar-refractivity contribution in [3.8, 4) is 5.69 Å². The molecule has 9 nitrogen and oxygen atoms in total. The maximum Gasteiger partial charge on any atom is 0.278 e. The lowest BCUT2D eigenvalue weighted by Gasteiger charge is -2.06. The molecular weight excluding hydrogens is 282 g/mol. The first kappa shape index (κ1) is 12.3. The lowest BCUT2D eigenvalue weighted by atomic mass is 10.3. The Labute approximate surface area is 113 Å². The summed E-state index contributed by atoms with van der Waals surface area (Å²) in [6.45, 7) is 0. The van der Waals surface area contributed by atoms with E-state index < -0.39 is 10.0 Å². The lowest BCUT2D eigenvalue weighted by Crippen LogP contribution is -2.13. The highest BCUT2D eigenvalue weighted by atomic mass is 32.2. The molecule has 0 aliphatic rings. The van der Waals surface area contributed by atoms with Crippen molar-refractivity contribution in [3.63, 3.8) is 0 Å². The first-order valence-corrected chi connectivity index (χ1v) is 6.98. The Hall–Kier alpha value is -2.75. The van der Waals surface area contributed by atoms with Crippen LogP contribution in [0.1, 0.15) is 0 Å². The zero-order chi connectivity index (χ0) is 14.0. The van der Waals surface area contributed by atoms with Crippen molar-refractivity contribution in [3.05, 3.63) is 43.1 Å². The van der Waals surface area contributed by atoms with Crippen LogP contribution in [0.2, 0.25) is 0 Å². The molecule has 0 aliphatic carbocycles. The predicted molar refractivity (Wildman–Crippen MR) is 68.6 cm³/mol. The summed E-state index contributed by atoms with van der Waals surface area (Å²) in [6.07, 6.45) is 3.98. The summed E-state index contributed by atoms with van der Waals surface area (Å²) in [4.78, 5) is 6.22. The van der Waals surface area contributed by atoms with E-state index in [0.29, 0.717) is 5.69 Å². The monoisotopic (exact) mass is 291 g/mol. The number of sulfonamides is 1. The molecule has 0 aliphatic heterocycles. The largest absolute Gasteiger partial charge is 0.334 e. The Kier molecular flexibility index (Phi) is 2.91. The molecule has 0 saturated heterocycles. The fourth-order valence-electron chi connectivity index (χ4n) is 1.56. The van der Waals surface area contributed by atoms with Gasteiger partial charge >= 0.3 is 0 Å². The number of nitrogens with one attached hydrogen (secondary N) is 2. The number of anilines is 1. The maximum atomic E-state index is 12.0. The van der Waals surface area contributed by atoms with Gasteiger partial charge in [0.1, 0.15) is 6.33 Å². The van der Waals surface area contributed by atoms with E-state index in [0.717, 1.165) is 5.69 Å². The molecule has 3 rings (SSSR count). The summed E-state index contributed by atoms with van der Waals surface area (Å²) in [5.41, 5.74) is 1.15. The first-order valence-electron chi connectivity index (χ1n) is 5.50. The molecule has 2 aromatic heterocycles. The minimum atomic E-state index is -3.65. The Morgan fingerprint density at radius 2 is 2.00 bits per heavy atom. The minimum Gasteiger partial charge on any atom is -0.334 e. The predicted octanol–water partition coefficient (Wildman–Crippen LogP) is 0.186. The molecule has 102 valence electrons. The molecule has 0 fully saturated rings. The van der Waals surface area contributed by atoms with Gasteiger partial charge < -0.3 is 4.98 Å². The van der Waals surface area contributed by atoms with E-state index in [4.69, 9.17) is 0 Å². The van der Waals surface area contributed by atoms with Crippen LogP contribution >= 0.6 is 0 Å². The molecule has 0 radical (unpaired) electrons.